The smallest absolute Gasteiger partial charge is 0.418 e. The van der Waals surface area contributed by atoms with Crippen LogP contribution in [0.25, 0.3) is 16.8 Å². The monoisotopic (exact) mass is 403 g/mol. The van der Waals surface area contributed by atoms with Gasteiger partial charge in [-0.3, -0.25) is 4.90 Å². The van der Waals surface area contributed by atoms with Crippen LogP contribution in [-0.4, -0.2) is 38.5 Å². The average molecular weight is 403 g/mol. The Morgan fingerprint density at radius 1 is 1.32 bits per heavy atom. The maximum atomic E-state index is 12.8. The summed E-state index contributed by atoms with van der Waals surface area (Å²) >= 11 is 1.71. The summed E-state index contributed by atoms with van der Waals surface area (Å²) in [5.41, 5.74) is 2.18. The minimum Gasteiger partial charge on any atom is -0.449 e. The molecule has 0 saturated heterocycles. The van der Waals surface area contributed by atoms with Crippen molar-refractivity contribution in [3.8, 4) is 16.6 Å². The minimum absolute atomic E-state index is 0.150. The third kappa shape index (κ3) is 4.24. The molecule has 0 spiro atoms. The Morgan fingerprint density at radius 2 is 2.04 bits per heavy atom. The molecule has 0 radical (unpaired) electrons. The molecular weight excluding hydrogens is 385 g/mol. The van der Waals surface area contributed by atoms with Crippen molar-refractivity contribution >= 4 is 23.4 Å². The molecule has 0 amide bonds. The van der Waals surface area contributed by atoms with E-state index < -0.39 is 4.92 Å². The summed E-state index contributed by atoms with van der Waals surface area (Å²) in [6.45, 7) is 5.34. The first-order chi connectivity index (χ1) is 13.4. The molecule has 0 bridgehead atoms. The number of halogens is 1. The lowest BCUT2D eigenvalue weighted by Crippen LogP contribution is -2.08. The Kier molecular flexibility index (Phi) is 5.81. The van der Waals surface area contributed by atoms with Gasteiger partial charge in [-0.2, -0.15) is 0 Å². The second kappa shape index (κ2) is 8.28. The number of ether oxygens (including phenoxy) is 1. The standard InChI is InChI=1S/C12H11FN2S.C6H7N3O3/c1-15-6-10-11(7-15)16-12(14-10)8-2-4-9(13)5-3-8;1-3-8-4-5(9(10)11)7-6(8)12-2/h2-5H,6-7H2,1H3;3-4H,1H2,2H3. The molecule has 0 unspecified atom stereocenters. The van der Waals surface area contributed by atoms with E-state index in [2.05, 4.69) is 28.5 Å². The molecule has 28 heavy (non-hydrogen) atoms. The highest BCUT2D eigenvalue weighted by Gasteiger charge is 2.21. The van der Waals surface area contributed by atoms with Gasteiger partial charge in [-0.25, -0.2) is 13.9 Å². The van der Waals surface area contributed by atoms with Gasteiger partial charge in [0.1, 0.15) is 17.0 Å². The van der Waals surface area contributed by atoms with Crippen molar-refractivity contribution < 1.29 is 14.1 Å². The van der Waals surface area contributed by atoms with Gasteiger partial charge in [-0.15, -0.1) is 11.3 Å². The number of imidazole rings is 1. The lowest BCUT2D eigenvalue weighted by molar-refractivity contribution is -0.389. The van der Waals surface area contributed by atoms with E-state index in [4.69, 9.17) is 4.74 Å². The summed E-state index contributed by atoms with van der Waals surface area (Å²) in [6.07, 6.45) is 2.60. The van der Waals surface area contributed by atoms with Crippen LogP contribution < -0.4 is 4.74 Å². The minimum atomic E-state index is -0.595. The molecule has 4 rings (SSSR count). The van der Waals surface area contributed by atoms with Crippen molar-refractivity contribution in [1.29, 1.82) is 0 Å². The zero-order chi connectivity index (χ0) is 20.3. The van der Waals surface area contributed by atoms with Crippen LogP contribution in [-0.2, 0) is 13.1 Å². The van der Waals surface area contributed by atoms with E-state index in [1.54, 1.807) is 23.5 Å². The molecule has 0 atom stereocenters. The lowest BCUT2D eigenvalue weighted by atomic mass is 10.2. The Bertz CT molecular complexity index is 976. The molecule has 3 aromatic rings. The topological polar surface area (TPSA) is 86.3 Å². The van der Waals surface area contributed by atoms with E-state index in [9.17, 15) is 14.5 Å². The Morgan fingerprint density at radius 3 is 2.57 bits per heavy atom. The fraction of sp³-hybridized carbons (Fsp3) is 0.222. The predicted octanol–water partition coefficient (Wildman–Crippen LogP) is 3.80. The van der Waals surface area contributed by atoms with Crippen LogP contribution in [0.2, 0.25) is 0 Å². The van der Waals surface area contributed by atoms with Crippen molar-refractivity contribution in [2.45, 2.75) is 13.1 Å². The van der Waals surface area contributed by atoms with Gasteiger partial charge in [-0.1, -0.05) is 6.58 Å². The number of aromatic nitrogens is 3. The molecule has 10 heteroatoms. The predicted molar refractivity (Wildman–Crippen MR) is 104 cm³/mol. The molecule has 0 fully saturated rings. The maximum Gasteiger partial charge on any atom is 0.418 e. The number of rotatable bonds is 4. The summed E-state index contributed by atoms with van der Waals surface area (Å²) < 4.78 is 18.9. The third-order valence-electron chi connectivity index (χ3n) is 3.95. The average Bonchev–Trinajstić information content (AvgIpc) is 3.34. The van der Waals surface area contributed by atoms with E-state index in [1.807, 2.05) is 0 Å². The Balaban J connectivity index is 0.000000169. The van der Waals surface area contributed by atoms with Crippen molar-refractivity contribution in [2.24, 2.45) is 0 Å². The fourth-order valence-electron chi connectivity index (χ4n) is 2.64. The zero-order valence-electron chi connectivity index (χ0n) is 15.3. The molecule has 0 saturated carbocycles. The number of hydrogen-bond donors (Lipinski definition) is 0. The van der Waals surface area contributed by atoms with E-state index in [1.165, 1.54) is 46.8 Å². The lowest BCUT2D eigenvalue weighted by Gasteiger charge is -2.04. The second-order valence-electron chi connectivity index (χ2n) is 6.00. The summed E-state index contributed by atoms with van der Waals surface area (Å²) in [4.78, 5) is 21.4. The van der Waals surface area contributed by atoms with Crippen LogP contribution in [0.4, 0.5) is 10.2 Å². The van der Waals surface area contributed by atoms with Gasteiger partial charge in [0.25, 0.3) is 0 Å². The van der Waals surface area contributed by atoms with Crippen LogP contribution in [0.3, 0.4) is 0 Å². The number of hydrogen-bond acceptors (Lipinski definition) is 7. The zero-order valence-corrected chi connectivity index (χ0v) is 16.1. The molecular formula is C18H18FN5O3S. The summed E-state index contributed by atoms with van der Waals surface area (Å²) in [7, 11) is 3.47. The van der Waals surface area contributed by atoms with Gasteiger partial charge in [-0.05, 0) is 36.2 Å². The van der Waals surface area contributed by atoms with Crippen LogP contribution in [0, 0.1) is 15.9 Å². The van der Waals surface area contributed by atoms with Crippen molar-refractivity contribution in [2.75, 3.05) is 14.2 Å². The number of fused-ring (bicyclic) bond motifs is 1. The number of nitrogens with zero attached hydrogens (tertiary/aromatic N) is 5. The number of methoxy groups -OCH3 is 1. The van der Waals surface area contributed by atoms with Crippen LogP contribution in [0.15, 0.2) is 37.0 Å². The highest BCUT2D eigenvalue weighted by atomic mass is 32.1. The largest absolute Gasteiger partial charge is 0.449 e. The molecule has 2 aromatic heterocycles. The van der Waals surface area contributed by atoms with Crippen LogP contribution in [0.5, 0.6) is 6.01 Å². The number of thiazole rings is 1. The summed E-state index contributed by atoms with van der Waals surface area (Å²) in [5, 5.41) is 11.2. The van der Waals surface area contributed by atoms with Crippen LogP contribution >= 0.6 is 11.3 Å². The SMILES string of the molecule is C=Cn1cc([N+](=O)[O-])nc1OC.CN1Cc2nc(-c3ccc(F)cc3)sc2C1. The van der Waals surface area contributed by atoms with Gasteiger partial charge in [0.2, 0.25) is 0 Å². The first-order valence-corrected chi connectivity index (χ1v) is 9.05. The summed E-state index contributed by atoms with van der Waals surface area (Å²) in [6, 6.07) is 6.68. The number of nitro groups is 1. The Hall–Kier alpha value is -3.11. The molecule has 8 nitrogen and oxygen atoms in total. The fourth-order valence-corrected chi connectivity index (χ4v) is 3.79. The van der Waals surface area contributed by atoms with Crippen molar-refractivity contribution in [3.05, 3.63) is 63.5 Å². The molecule has 0 N–H and O–H groups in total. The quantitative estimate of drug-likeness (QED) is 0.487. The Labute approximate surface area is 164 Å². The first kappa shape index (κ1) is 19.6. The third-order valence-corrected chi connectivity index (χ3v) is 5.09. The first-order valence-electron chi connectivity index (χ1n) is 8.24. The molecule has 1 aliphatic rings. The molecule has 3 heterocycles. The van der Waals surface area contributed by atoms with Gasteiger partial charge in [0.05, 0.1) is 12.8 Å². The molecule has 146 valence electrons. The highest BCUT2D eigenvalue weighted by Crippen LogP contribution is 2.32. The van der Waals surface area contributed by atoms with E-state index in [-0.39, 0.29) is 17.6 Å². The molecule has 1 aliphatic heterocycles. The normalized spacial score (nSPS) is 12.8. The van der Waals surface area contributed by atoms with Gasteiger partial charge >= 0.3 is 11.8 Å². The second-order valence-corrected chi connectivity index (χ2v) is 7.08. The molecule has 1 aromatic carbocycles. The van der Waals surface area contributed by atoms with Crippen molar-refractivity contribution in [3.63, 3.8) is 0 Å². The number of benzene rings is 1. The van der Waals surface area contributed by atoms with E-state index in [0.29, 0.717) is 0 Å². The molecule has 0 aliphatic carbocycles. The van der Waals surface area contributed by atoms with E-state index >= 15 is 0 Å². The highest BCUT2D eigenvalue weighted by molar-refractivity contribution is 7.15. The van der Waals surface area contributed by atoms with Gasteiger partial charge in [0, 0.05) is 34.7 Å². The van der Waals surface area contributed by atoms with Crippen LogP contribution in [0.1, 0.15) is 10.6 Å². The maximum absolute atomic E-state index is 12.8. The summed E-state index contributed by atoms with van der Waals surface area (Å²) in [5.74, 6) is -0.459. The van der Waals surface area contributed by atoms with Crippen molar-refractivity contribution in [1.82, 2.24) is 19.4 Å². The van der Waals surface area contributed by atoms with Gasteiger partial charge in [0.15, 0.2) is 0 Å². The van der Waals surface area contributed by atoms with Gasteiger partial charge < -0.3 is 14.9 Å². The van der Waals surface area contributed by atoms with E-state index in [0.717, 1.165) is 23.7 Å².